The van der Waals surface area contributed by atoms with E-state index in [-0.39, 0.29) is 92.8 Å². The number of benzene rings is 2. The van der Waals surface area contributed by atoms with E-state index >= 15 is 0 Å². The van der Waals surface area contributed by atoms with Crippen molar-refractivity contribution in [3.05, 3.63) is 59.6 Å². The van der Waals surface area contributed by atoms with Crippen molar-refractivity contribution in [1.29, 1.82) is 0 Å². The van der Waals surface area contributed by atoms with E-state index < -0.39 is 18.9 Å². The van der Waals surface area contributed by atoms with Crippen LogP contribution >= 0.6 is 0 Å². The molecule has 4 N–H and O–H groups in total. The van der Waals surface area contributed by atoms with Gasteiger partial charge in [-0.3, -0.25) is 15.1 Å². The zero-order valence-corrected chi connectivity index (χ0v) is 29.6. The topological polar surface area (TPSA) is 81.6 Å². The average Bonchev–Trinajstić information content (AvgIpc) is 3.23. The zero-order valence-electron chi connectivity index (χ0n) is 23.3. The van der Waals surface area contributed by atoms with Gasteiger partial charge in [0.15, 0.2) is 0 Å². The molecule has 4 rings (SSSR count). The fourth-order valence-electron chi connectivity index (χ4n) is 4.64. The van der Waals surface area contributed by atoms with Crippen LogP contribution in [0.25, 0.3) is 10.9 Å². The van der Waals surface area contributed by atoms with Crippen LogP contribution in [-0.2, 0) is 6.54 Å². The minimum Gasteiger partial charge on any atom is -0.506 e. The van der Waals surface area contributed by atoms with Gasteiger partial charge in [-0.2, -0.15) is 19.6 Å². The molecule has 0 saturated carbocycles. The van der Waals surface area contributed by atoms with Gasteiger partial charge in [-0.15, -0.1) is 6.54 Å². The van der Waals surface area contributed by atoms with Crippen LogP contribution < -0.4 is 84.8 Å². The second-order valence-corrected chi connectivity index (χ2v) is 9.71. The van der Waals surface area contributed by atoms with Gasteiger partial charge in [0.25, 0.3) is 5.91 Å². The molecule has 1 aliphatic heterocycles. The third-order valence-electron chi connectivity index (χ3n) is 6.70. The Hall–Kier alpha value is -1.86. The SMILES string of the molecule is CCNC(=O)c1ccc(NCC#Cc2cc3c(NC[C-]4CCN(C)C[C@@H]4F)cccc3n2CC(F)(F)F)c(O)c1.[Cs+]. The second kappa shape index (κ2) is 15.0. The summed E-state index contributed by atoms with van der Waals surface area (Å²) in [5, 5.41) is 19.6. The molecule has 2 heterocycles. The van der Waals surface area contributed by atoms with E-state index in [0.29, 0.717) is 53.9 Å². The van der Waals surface area contributed by atoms with Crippen LogP contribution in [0.15, 0.2) is 42.5 Å². The number of aromatic nitrogens is 1. The molecule has 7 nitrogen and oxygen atoms in total. The number of carbonyl (C=O) groups is 1. The van der Waals surface area contributed by atoms with Crippen LogP contribution in [0.4, 0.5) is 28.9 Å². The summed E-state index contributed by atoms with van der Waals surface area (Å²) in [6.45, 7) is 2.45. The van der Waals surface area contributed by atoms with Gasteiger partial charge < -0.3 is 30.5 Å². The maximum absolute atomic E-state index is 14.5. The number of anilines is 2. The Kier molecular flexibility index (Phi) is 12.3. The van der Waals surface area contributed by atoms with Crippen molar-refractivity contribution >= 4 is 28.2 Å². The summed E-state index contributed by atoms with van der Waals surface area (Å²) < 4.78 is 56.0. The number of nitrogens with one attached hydrogen (secondary N) is 3. The number of aromatic hydroxyl groups is 1. The van der Waals surface area contributed by atoms with Gasteiger partial charge in [-0.1, -0.05) is 12.0 Å². The predicted molar refractivity (Wildman–Crippen MR) is 148 cm³/mol. The number of amides is 1. The molecule has 0 bridgehead atoms. The number of nitrogens with zero attached hydrogens (tertiary/aromatic N) is 2. The molecule has 1 saturated heterocycles. The predicted octanol–water partition coefficient (Wildman–Crippen LogP) is 1.79. The van der Waals surface area contributed by atoms with Gasteiger partial charge >= 0.3 is 75.1 Å². The number of halogens is 4. The summed E-state index contributed by atoms with van der Waals surface area (Å²) in [5.74, 6) is 5.90. The fraction of sp³-hybridized carbons (Fsp3) is 0.379. The van der Waals surface area contributed by atoms with Crippen molar-refractivity contribution in [2.24, 2.45) is 0 Å². The van der Waals surface area contributed by atoms with Crippen molar-refractivity contribution in [2.45, 2.75) is 32.2 Å². The Labute approximate surface area is 295 Å². The Morgan fingerprint density at radius 1 is 1.17 bits per heavy atom. The number of hydrogen-bond donors (Lipinski definition) is 4. The molecule has 41 heavy (non-hydrogen) atoms. The Balaban J connectivity index is 0.00000462. The van der Waals surface area contributed by atoms with Gasteiger partial charge in [-0.25, -0.2) is 0 Å². The summed E-state index contributed by atoms with van der Waals surface area (Å²) in [5.41, 5.74) is 1.78. The zero-order chi connectivity index (χ0) is 28.9. The monoisotopic (exact) mass is 691 g/mol. The summed E-state index contributed by atoms with van der Waals surface area (Å²) in [6, 6.07) is 11.0. The molecule has 12 heteroatoms. The van der Waals surface area contributed by atoms with Crippen LogP contribution in [0, 0.1) is 17.8 Å². The molecule has 1 aliphatic rings. The Morgan fingerprint density at radius 2 is 1.95 bits per heavy atom. The van der Waals surface area contributed by atoms with Crippen LogP contribution in [0.1, 0.15) is 29.4 Å². The molecule has 1 aromatic heterocycles. The minimum absolute atomic E-state index is 0. The molecule has 1 fully saturated rings. The third kappa shape index (κ3) is 9.06. The first-order valence-corrected chi connectivity index (χ1v) is 13.0. The number of fused-ring (bicyclic) bond motifs is 1. The molecule has 1 amide bonds. The number of likely N-dealkylation sites (tertiary alicyclic amines) is 1. The number of carbonyl (C=O) groups excluding carboxylic acids is 1. The minimum atomic E-state index is -4.47. The molecular weight excluding hydrogens is 659 g/mol. The Morgan fingerprint density at radius 3 is 2.63 bits per heavy atom. The molecule has 214 valence electrons. The van der Waals surface area contributed by atoms with Gasteiger partial charge in [-0.05, 0) is 69.0 Å². The van der Waals surface area contributed by atoms with E-state index in [9.17, 15) is 27.5 Å². The number of phenolic OH excluding ortho intramolecular Hbond substituents is 1. The van der Waals surface area contributed by atoms with Gasteiger partial charge in [0.1, 0.15) is 12.3 Å². The molecule has 3 aromatic rings. The van der Waals surface area contributed by atoms with Crippen molar-refractivity contribution in [3.63, 3.8) is 0 Å². The third-order valence-corrected chi connectivity index (χ3v) is 6.70. The first-order chi connectivity index (χ1) is 19.1. The van der Waals surface area contributed by atoms with Crippen molar-refractivity contribution in [1.82, 2.24) is 14.8 Å². The van der Waals surface area contributed by atoms with E-state index in [4.69, 9.17) is 0 Å². The molecular formula is C29H32CsF4N5O2. The van der Waals surface area contributed by atoms with Crippen LogP contribution in [-0.4, -0.2) is 72.6 Å². The number of phenols is 1. The van der Waals surface area contributed by atoms with E-state index in [1.54, 1.807) is 37.3 Å². The van der Waals surface area contributed by atoms with E-state index in [2.05, 4.69) is 27.8 Å². The van der Waals surface area contributed by atoms with E-state index in [1.807, 2.05) is 11.9 Å². The summed E-state index contributed by atoms with van der Waals surface area (Å²) >= 11 is 0. The second-order valence-electron chi connectivity index (χ2n) is 9.71. The standard InChI is InChI=1S/C29H32F4N5O2.Cs/c1-3-34-28(40)19-9-10-25(27(39)14-19)35-12-5-6-21-15-22-24(36-16-20-11-13-37(2)17-23(20)30)7-4-8-26(22)38(21)18-29(31,32)33;/h4,7-10,14-15,23,35-36,39H,3,11-13,16-18H2,1-2H3,(H,34,40);/q-1;+1/t23-;/m0./s1. The molecule has 1 atom stereocenters. The Bertz CT molecular complexity index is 1420. The van der Waals surface area contributed by atoms with Crippen molar-refractivity contribution in [3.8, 4) is 17.6 Å². The summed E-state index contributed by atoms with van der Waals surface area (Å²) in [6.07, 6.45) is -4.91. The maximum Gasteiger partial charge on any atom is 1.00 e. The number of rotatable bonds is 8. The van der Waals surface area contributed by atoms with E-state index in [1.165, 1.54) is 12.1 Å². The summed E-state index contributed by atoms with van der Waals surface area (Å²) in [7, 11) is 1.87. The van der Waals surface area contributed by atoms with Crippen molar-refractivity contribution < 1.29 is 96.4 Å². The summed E-state index contributed by atoms with van der Waals surface area (Å²) in [4.78, 5) is 13.9. The molecule has 2 aromatic carbocycles. The van der Waals surface area contributed by atoms with Crippen molar-refractivity contribution in [2.75, 3.05) is 50.4 Å². The number of piperidine rings is 1. The quantitative estimate of drug-likeness (QED) is 0.126. The van der Waals surface area contributed by atoms with E-state index in [0.717, 1.165) is 17.0 Å². The van der Waals surface area contributed by atoms with Crippen LogP contribution in [0.5, 0.6) is 5.75 Å². The molecule has 0 aliphatic carbocycles. The van der Waals surface area contributed by atoms with Gasteiger partial charge in [0.2, 0.25) is 0 Å². The average molecular weight is 692 g/mol. The molecule has 0 spiro atoms. The fourth-order valence-corrected chi connectivity index (χ4v) is 4.64. The van der Waals surface area contributed by atoms with Crippen LogP contribution in [0.3, 0.4) is 0 Å². The van der Waals surface area contributed by atoms with Gasteiger partial charge in [0.05, 0.1) is 23.4 Å². The number of alkyl halides is 4. The first-order valence-electron chi connectivity index (χ1n) is 13.0. The maximum atomic E-state index is 14.5. The van der Waals surface area contributed by atoms with Gasteiger partial charge in [0, 0.05) is 29.7 Å². The largest absolute Gasteiger partial charge is 1.00 e. The molecule has 0 unspecified atom stereocenters. The first kappa shape index (κ1) is 33.6. The normalized spacial score (nSPS) is 16.0. The number of hydrogen-bond acceptors (Lipinski definition) is 5. The van der Waals surface area contributed by atoms with Crippen LogP contribution in [0.2, 0.25) is 0 Å². The smallest absolute Gasteiger partial charge is 0.506 e. The molecule has 0 radical (unpaired) electrons.